The highest BCUT2D eigenvalue weighted by atomic mass is 32.2. The largest absolute Gasteiger partial charge is 0.311 e. The SMILES string of the molecule is C=CC(C)NCCCCCCSC. The third kappa shape index (κ3) is 9.97. The van der Waals surface area contributed by atoms with Crippen LogP contribution in [0.5, 0.6) is 0 Å². The normalized spacial score (nSPS) is 12.8. The van der Waals surface area contributed by atoms with Gasteiger partial charge in [-0.1, -0.05) is 18.9 Å². The number of nitrogens with one attached hydrogen (secondary N) is 1. The second-order valence-corrected chi connectivity index (χ2v) is 4.37. The Morgan fingerprint density at radius 2 is 2.00 bits per heavy atom. The lowest BCUT2D eigenvalue weighted by Crippen LogP contribution is -2.24. The first-order valence-corrected chi connectivity index (χ1v) is 6.55. The summed E-state index contributed by atoms with van der Waals surface area (Å²) in [5.74, 6) is 1.32. The molecule has 2 heteroatoms. The molecule has 0 rings (SSSR count). The zero-order chi connectivity index (χ0) is 9.94. The van der Waals surface area contributed by atoms with Gasteiger partial charge in [-0.2, -0.15) is 11.8 Å². The molecule has 78 valence electrons. The van der Waals surface area contributed by atoms with E-state index in [0.29, 0.717) is 6.04 Å². The van der Waals surface area contributed by atoms with E-state index >= 15 is 0 Å². The Labute approximate surface area is 87.4 Å². The van der Waals surface area contributed by atoms with E-state index in [0.717, 1.165) is 6.54 Å². The lowest BCUT2D eigenvalue weighted by atomic mass is 10.2. The summed E-state index contributed by atoms with van der Waals surface area (Å²) in [6.07, 6.45) is 9.54. The Balaban J connectivity index is 2.95. The van der Waals surface area contributed by atoms with Crippen LogP contribution in [0, 0.1) is 0 Å². The van der Waals surface area contributed by atoms with Gasteiger partial charge in [0.2, 0.25) is 0 Å². The van der Waals surface area contributed by atoms with E-state index in [1.54, 1.807) is 0 Å². The highest BCUT2D eigenvalue weighted by Gasteiger charge is 1.93. The minimum atomic E-state index is 0.464. The van der Waals surface area contributed by atoms with Crippen molar-refractivity contribution in [2.75, 3.05) is 18.6 Å². The molecule has 0 fully saturated rings. The van der Waals surface area contributed by atoms with Crippen LogP contribution in [0.25, 0.3) is 0 Å². The fourth-order valence-corrected chi connectivity index (χ4v) is 1.63. The van der Waals surface area contributed by atoms with Crippen molar-refractivity contribution < 1.29 is 0 Å². The molecule has 0 spiro atoms. The Morgan fingerprint density at radius 1 is 1.31 bits per heavy atom. The summed E-state index contributed by atoms with van der Waals surface area (Å²) in [5.41, 5.74) is 0. The van der Waals surface area contributed by atoms with Crippen LogP contribution >= 0.6 is 11.8 Å². The van der Waals surface area contributed by atoms with Gasteiger partial charge in [0.05, 0.1) is 0 Å². The maximum absolute atomic E-state index is 3.73. The zero-order valence-corrected chi connectivity index (χ0v) is 9.83. The molecule has 0 saturated heterocycles. The van der Waals surface area contributed by atoms with Crippen molar-refractivity contribution in [1.82, 2.24) is 5.32 Å². The number of hydrogen-bond donors (Lipinski definition) is 1. The third-order valence-electron chi connectivity index (χ3n) is 2.10. The first-order chi connectivity index (χ1) is 6.31. The van der Waals surface area contributed by atoms with Crippen molar-refractivity contribution in [3.8, 4) is 0 Å². The number of rotatable bonds is 9. The summed E-state index contributed by atoms with van der Waals surface area (Å²) in [6, 6.07) is 0.464. The molecule has 0 saturated carbocycles. The van der Waals surface area contributed by atoms with E-state index in [1.165, 1.54) is 31.4 Å². The second kappa shape index (κ2) is 10.1. The summed E-state index contributed by atoms with van der Waals surface area (Å²) < 4.78 is 0. The molecular formula is C11H23NS. The zero-order valence-electron chi connectivity index (χ0n) is 9.01. The number of unbranched alkanes of at least 4 members (excludes halogenated alkanes) is 3. The van der Waals surface area contributed by atoms with Gasteiger partial charge in [0, 0.05) is 6.04 Å². The van der Waals surface area contributed by atoms with Gasteiger partial charge in [0.25, 0.3) is 0 Å². The van der Waals surface area contributed by atoms with Gasteiger partial charge in [-0.3, -0.25) is 0 Å². The van der Waals surface area contributed by atoms with Crippen LogP contribution in [-0.2, 0) is 0 Å². The van der Waals surface area contributed by atoms with Gasteiger partial charge in [-0.05, 0) is 38.3 Å². The van der Waals surface area contributed by atoms with Crippen molar-refractivity contribution in [2.45, 2.75) is 38.6 Å². The fraction of sp³-hybridized carbons (Fsp3) is 0.818. The lowest BCUT2D eigenvalue weighted by molar-refractivity contribution is 0.573. The van der Waals surface area contributed by atoms with Gasteiger partial charge in [-0.15, -0.1) is 6.58 Å². The molecule has 1 unspecified atom stereocenters. The van der Waals surface area contributed by atoms with E-state index in [9.17, 15) is 0 Å². The summed E-state index contributed by atoms with van der Waals surface area (Å²) in [5, 5.41) is 3.40. The van der Waals surface area contributed by atoms with E-state index in [1.807, 2.05) is 17.8 Å². The quantitative estimate of drug-likeness (QED) is 0.454. The van der Waals surface area contributed by atoms with Crippen molar-refractivity contribution in [3.05, 3.63) is 12.7 Å². The minimum absolute atomic E-state index is 0.464. The molecule has 0 aliphatic carbocycles. The predicted molar refractivity (Wildman–Crippen MR) is 64.5 cm³/mol. The van der Waals surface area contributed by atoms with Crippen LogP contribution in [0.4, 0.5) is 0 Å². The van der Waals surface area contributed by atoms with Crippen LogP contribution in [0.2, 0.25) is 0 Å². The number of hydrogen-bond acceptors (Lipinski definition) is 2. The highest BCUT2D eigenvalue weighted by Crippen LogP contribution is 2.03. The Bertz CT molecular complexity index is 115. The van der Waals surface area contributed by atoms with Crippen molar-refractivity contribution in [3.63, 3.8) is 0 Å². The Hall–Kier alpha value is 0.0500. The summed E-state index contributed by atoms with van der Waals surface area (Å²) in [4.78, 5) is 0. The molecule has 0 radical (unpaired) electrons. The minimum Gasteiger partial charge on any atom is -0.311 e. The van der Waals surface area contributed by atoms with Gasteiger partial charge < -0.3 is 5.32 Å². The van der Waals surface area contributed by atoms with E-state index in [2.05, 4.69) is 25.1 Å². The first kappa shape index (κ1) is 13.1. The fourth-order valence-electron chi connectivity index (χ4n) is 1.14. The van der Waals surface area contributed by atoms with Crippen LogP contribution in [0.15, 0.2) is 12.7 Å². The molecule has 0 heterocycles. The molecule has 0 aromatic rings. The van der Waals surface area contributed by atoms with Gasteiger partial charge in [-0.25, -0.2) is 0 Å². The Kier molecular flexibility index (Phi) is 10.2. The smallest absolute Gasteiger partial charge is 0.0219 e. The summed E-state index contributed by atoms with van der Waals surface area (Å²) >= 11 is 1.95. The van der Waals surface area contributed by atoms with Gasteiger partial charge in [0.15, 0.2) is 0 Å². The maximum Gasteiger partial charge on any atom is 0.0219 e. The highest BCUT2D eigenvalue weighted by molar-refractivity contribution is 7.98. The standard InChI is InChI=1S/C11H23NS/c1-4-11(2)12-9-7-5-6-8-10-13-3/h4,11-12H,1,5-10H2,2-3H3. The molecule has 1 atom stereocenters. The maximum atomic E-state index is 3.73. The predicted octanol–water partition coefficient (Wildman–Crippen LogP) is 3.07. The molecule has 0 aliphatic rings. The van der Waals surface area contributed by atoms with Crippen LogP contribution in [0.3, 0.4) is 0 Å². The van der Waals surface area contributed by atoms with Crippen LogP contribution in [0.1, 0.15) is 32.6 Å². The van der Waals surface area contributed by atoms with Crippen molar-refractivity contribution in [2.24, 2.45) is 0 Å². The molecule has 0 bridgehead atoms. The van der Waals surface area contributed by atoms with E-state index < -0.39 is 0 Å². The molecular weight excluding hydrogens is 178 g/mol. The molecule has 0 aromatic carbocycles. The first-order valence-electron chi connectivity index (χ1n) is 5.16. The molecule has 13 heavy (non-hydrogen) atoms. The molecule has 0 aromatic heterocycles. The van der Waals surface area contributed by atoms with Crippen LogP contribution < -0.4 is 5.32 Å². The summed E-state index contributed by atoms with van der Waals surface area (Å²) in [7, 11) is 0. The van der Waals surface area contributed by atoms with E-state index in [4.69, 9.17) is 0 Å². The molecule has 1 nitrogen and oxygen atoms in total. The third-order valence-corrected chi connectivity index (χ3v) is 2.79. The summed E-state index contributed by atoms with van der Waals surface area (Å²) in [6.45, 7) is 7.01. The Morgan fingerprint density at radius 3 is 2.62 bits per heavy atom. The van der Waals surface area contributed by atoms with Crippen molar-refractivity contribution >= 4 is 11.8 Å². The lowest BCUT2D eigenvalue weighted by Gasteiger charge is -2.08. The molecule has 0 amide bonds. The topological polar surface area (TPSA) is 12.0 Å². The molecule has 0 aliphatic heterocycles. The second-order valence-electron chi connectivity index (χ2n) is 3.39. The monoisotopic (exact) mass is 201 g/mol. The van der Waals surface area contributed by atoms with Crippen LogP contribution in [-0.4, -0.2) is 24.6 Å². The van der Waals surface area contributed by atoms with Gasteiger partial charge >= 0.3 is 0 Å². The van der Waals surface area contributed by atoms with Gasteiger partial charge in [0.1, 0.15) is 0 Å². The average molecular weight is 201 g/mol. The van der Waals surface area contributed by atoms with Crippen molar-refractivity contribution in [1.29, 1.82) is 0 Å². The van der Waals surface area contributed by atoms with E-state index in [-0.39, 0.29) is 0 Å². The average Bonchev–Trinajstić information content (AvgIpc) is 2.16. The number of thioether (sulfide) groups is 1. The molecule has 1 N–H and O–H groups in total.